The van der Waals surface area contributed by atoms with E-state index >= 15 is 0 Å². The van der Waals surface area contributed by atoms with Gasteiger partial charge < -0.3 is 29.2 Å². The zero-order valence-corrected chi connectivity index (χ0v) is 23.9. The van der Waals surface area contributed by atoms with Crippen molar-refractivity contribution in [3.05, 3.63) is 0 Å². The van der Waals surface area contributed by atoms with Crippen molar-refractivity contribution >= 4 is 0 Å². The number of fused-ring (bicyclic) bond motifs is 3. The first-order valence-electron chi connectivity index (χ1n) is 14.7. The Morgan fingerprint density at radius 3 is 1.58 bits per heavy atom. The van der Waals surface area contributed by atoms with Crippen LogP contribution in [0.3, 0.4) is 0 Å². The van der Waals surface area contributed by atoms with Crippen LogP contribution in [-0.4, -0.2) is 56.4 Å². The summed E-state index contributed by atoms with van der Waals surface area (Å²) in [6, 6.07) is 0. The van der Waals surface area contributed by atoms with Gasteiger partial charge in [0.1, 0.15) is 22.4 Å². The molecule has 2 spiro atoms. The Hall–Kier alpha value is -0.240. The van der Waals surface area contributed by atoms with E-state index in [0.717, 1.165) is 51.4 Å². The number of hydrogen-bond acceptors (Lipinski definition) is 6. The second kappa shape index (κ2) is 7.28. The van der Waals surface area contributed by atoms with Crippen LogP contribution in [0.15, 0.2) is 0 Å². The monoisotopic (exact) mass is 506 g/mol. The molecule has 36 heavy (non-hydrogen) atoms. The minimum atomic E-state index is -1.23. The Morgan fingerprint density at radius 1 is 0.583 bits per heavy atom. The van der Waals surface area contributed by atoms with E-state index in [4.69, 9.17) is 18.9 Å². The normalized spacial score (nSPS) is 58.8. The predicted molar refractivity (Wildman–Crippen MR) is 136 cm³/mol. The highest BCUT2D eigenvalue weighted by atomic mass is 16.7. The largest absolute Gasteiger partial charge is 0.364 e. The lowest BCUT2D eigenvalue weighted by Gasteiger charge is -2.70. The Morgan fingerprint density at radius 2 is 1.06 bits per heavy atom. The lowest BCUT2D eigenvalue weighted by Crippen LogP contribution is -2.78. The SMILES string of the molecule is CC1CCC2OC3(O)CCC2(OC3(C)C)C1(C)CCC1(C)C(C)CCC2OC(C)(C)C3(O)CCC21O3. The molecule has 5 heterocycles. The summed E-state index contributed by atoms with van der Waals surface area (Å²) in [7, 11) is 0. The van der Waals surface area contributed by atoms with Crippen LogP contribution in [0.25, 0.3) is 0 Å². The lowest BCUT2D eigenvalue weighted by atomic mass is 9.48. The highest BCUT2D eigenvalue weighted by Gasteiger charge is 2.74. The summed E-state index contributed by atoms with van der Waals surface area (Å²) in [5, 5.41) is 22.8. The summed E-state index contributed by atoms with van der Waals surface area (Å²) in [6.07, 6.45) is 8.99. The molecule has 10 unspecified atom stereocenters. The van der Waals surface area contributed by atoms with Crippen LogP contribution in [0.4, 0.5) is 0 Å². The Balaban J connectivity index is 1.35. The van der Waals surface area contributed by atoms with Crippen molar-refractivity contribution in [1.29, 1.82) is 0 Å². The van der Waals surface area contributed by atoms with Crippen molar-refractivity contribution in [2.75, 3.05) is 0 Å². The van der Waals surface area contributed by atoms with Gasteiger partial charge in [-0.1, -0.05) is 27.7 Å². The van der Waals surface area contributed by atoms with E-state index in [1.54, 1.807) is 0 Å². The highest BCUT2D eigenvalue weighted by molar-refractivity contribution is 5.20. The molecule has 5 saturated heterocycles. The predicted octanol–water partition coefficient (Wildman–Crippen LogP) is 5.47. The van der Waals surface area contributed by atoms with E-state index in [2.05, 4.69) is 27.7 Å². The molecule has 0 radical (unpaired) electrons. The molecular weight excluding hydrogens is 456 g/mol. The average Bonchev–Trinajstić information content (AvgIpc) is 3.14. The van der Waals surface area contributed by atoms with E-state index in [9.17, 15) is 10.2 Å². The van der Waals surface area contributed by atoms with Gasteiger partial charge in [-0.25, -0.2) is 0 Å². The zero-order valence-electron chi connectivity index (χ0n) is 23.9. The fraction of sp³-hybridized carbons (Fsp3) is 1.00. The van der Waals surface area contributed by atoms with Crippen molar-refractivity contribution in [2.24, 2.45) is 22.7 Å². The molecule has 0 amide bonds. The fourth-order valence-electron chi connectivity index (χ4n) is 9.79. The Labute approximate surface area is 217 Å². The van der Waals surface area contributed by atoms with Crippen molar-refractivity contribution in [1.82, 2.24) is 0 Å². The van der Waals surface area contributed by atoms with Crippen LogP contribution in [0, 0.1) is 22.7 Å². The van der Waals surface area contributed by atoms with E-state index in [1.807, 2.05) is 27.7 Å². The maximum Gasteiger partial charge on any atom is 0.195 e. The Kier molecular flexibility index (Phi) is 5.26. The van der Waals surface area contributed by atoms with Crippen molar-refractivity contribution in [3.63, 3.8) is 0 Å². The minimum Gasteiger partial charge on any atom is -0.364 e. The highest BCUT2D eigenvalue weighted by Crippen LogP contribution is 2.68. The molecule has 6 nitrogen and oxygen atoms in total. The summed E-state index contributed by atoms with van der Waals surface area (Å²) < 4.78 is 27.0. The second-order valence-electron chi connectivity index (χ2n) is 15.1. The standard InChI is InChI=1S/C30H50O6/c1-19-10-12-22-27(15-17-29(31,34-22)24(5,6)35-27)25(19,7)13-14-26(8)20(2)9-11-21-28(26)16-18-30(32,36-28)23(3,4)33-21/h19-22,31-32H,9-18H2,1-8H3. The van der Waals surface area contributed by atoms with Gasteiger partial charge in [0.25, 0.3) is 0 Å². The average molecular weight is 507 g/mol. The number of ether oxygens (including phenoxy) is 4. The van der Waals surface area contributed by atoms with Crippen LogP contribution in [0.5, 0.6) is 0 Å². The molecule has 206 valence electrons. The van der Waals surface area contributed by atoms with Gasteiger partial charge >= 0.3 is 0 Å². The zero-order chi connectivity index (χ0) is 26.2. The van der Waals surface area contributed by atoms with Crippen LogP contribution < -0.4 is 0 Å². The molecule has 7 aliphatic rings. The van der Waals surface area contributed by atoms with Crippen LogP contribution in [0.2, 0.25) is 0 Å². The quantitative estimate of drug-likeness (QED) is 0.529. The van der Waals surface area contributed by atoms with E-state index in [-0.39, 0.29) is 23.0 Å². The smallest absolute Gasteiger partial charge is 0.195 e. The van der Waals surface area contributed by atoms with Crippen LogP contribution in [-0.2, 0) is 18.9 Å². The van der Waals surface area contributed by atoms with E-state index in [0.29, 0.717) is 24.7 Å². The summed E-state index contributed by atoms with van der Waals surface area (Å²) in [5.41, 5.74) is -2.51. The molecule has 7 rings (SSSR count). The third kappa shape index (κ3) is 2.85. The number of aliphatic hydroxyl groups is 2. The van der Waals surface area contributed by atoms with Gasteiger partial charge in [-0.05, 0) is 90.9 Å². The minimum absolute atomic E-state index is 0.0110. The summed E-state index contributed by atoms with van der Waals surface area (Å²) in [5.74, 6) is -1.48. The van der Waals surface area contributed by atoms with Gasteiger partial charge in [-0.2, -0.15) is 0 Å². The molecule has 2 N–H and O–H groups in total. The topological polar surface area (TPSA) is 77.4 Å². The number of hydrogen-bond donors (Lipinski definition) is 2. The first kappa shape index (κ1) is 26.0. The molecule has 7 fully saturated rings. The van der Waals surface area contributed by atoms with E-state index in [1.165, 1.54) is 0 Å². The van der Waals surface area contributed by atoms with Gasteiger partial charge in [0.05, 0.1) is 12.2 Å². The molecular formula is C30H50O6. The lowest BCUT2D eigenvalue weighted by molar-refractivity contribution is -0.468. The molecule has 5 aliphatic heterocycles. The summed E-state index contributed by atoms with van der Waals surface area (Å²) in [4.78, 5) is 0. The van der Waals surface area contributed by atoms with Gasteiger partial charge in [0, 0.05) is 23.7 Å². The van der Waals surface area contributed by atoms with E-state index < -0.39 is 34.0 Å². The molecule has 2 aliphatic carbocycles. The van der Waals surface area contributed by atoms with Gasteiger partial charge in [0.2, 0.25) is 0 Å². The second-order valence-corrected chi connectivity index (χ2v) is 15.1. The molecule has 4 bridgehead atoms. The molecule has 0 aromatic heterocycles. The third-order valence-electron chi connectivity index (χ3n) is 13.2. The van der Waals surface area contributed by atoms with Crippen molar-refractivity contribution in [2.45, 2.75) is 166 Å². The fourth-order valence-corrected chi connectivity index (χ4v) is 9.79. The molecule has 0 aromatic rings. The van der Waals surface area contributed by atoms with Gasteiger partial charge in [-0.3, -0.25) is 0 Å². The molecule has 10 atom stereocenters. The number of rotatable bonds is 3. The molecule has 6 heteroatoms. The van der Waals surface area contributed by atoms with Crippen molar-refractivity contribution in [3.8, 4) is 0 Å². The first-order valence-corrected chi connectivity index (χ1v) is 14.7. The third-order valence-corrected chi connectivity index (χ3v) is 13.2. The Bertz CT molecular complexity index is 934. The van der Waals surface area contributed by atoms with Crippen molar-refractivity contribution < 1.29 is 29.2 Å². The van der Waals surface area contributed by atoms with Crippen LogP contribution >= 0.6 is 0 Å². The molecule has 0 aromatic carbocycles. The maximum absolute atomic E-state index is 11.5. The first-order chi connectivity index (χ1) is 16.5. The maximum atomic E-state index is 11.5. The summed E-state index contributed by atoms with van der Waals surface area (Å²) in [6.45, 7) is 17.5. The van der Waals surface area contributed by atoms with Crippen LogP contribution in [0.1, 0.15) is 120 Å². The van der Waals surface area contributed by atoms with Gasteiger partial charge in [-0.15, -0.1) is 0 Å². The molecule has 2 saturated carbocycles. The summed E-state index contributed by atoms with van der Waals surface area (Å²) >= 11 is 0. The van der Waals surface area contributed by atoms with Gasteiger partial charge in [0.15, 0.2) is 11.6 Å².